The Bertz CT molecular complexity index is 982. The van der Waals surface area contributed by atoms with E-state index in [-0.39, 0.29) is 22.4 Å². The van der Waals surface area contributed by atoms with E-state index in [2.05, 4.69) is 15.5 Å². The highest BCUT2D eigenvalue weighted by Gasteiger charge is 2.26. The summed E-state index contributed by atoms with van der Waals surface area (Å²) in [6, 6.07) is 5.85. The molecule has 26 heavy (non-hydrogen) atoms. The molecule has 0 atom stereocenters. The molecule has 2 aromatic heterocycles. The van der Waals surface area contributed by atoms with Crippen molar-refractivity contribution in [3.8, 4) is 0 Å². The first kappa shape index (κ1) is 17.5. The zero-order valence-corrected chi connectivity index (χ0v) is 14.1. The summed E-state index contributed by atoms with van der Waals surface area (Å²) in [5.74, 6) is -1.06. The number of nitrogens with zero attached hydrogens (tertiary/aromatic N) is 5. The summed E-state index contributed by atoms with van der Waals surface area (Å²) in [4.78, 5) is 22.6. The van der Waals surface area contributed by atoms with Gasteiger partial charge in [-0.05, 0) is 17.7 Å². The number of aryl methyl sites for hydroxylation is 1. The molecule has 0 radical (unpaired) electrons. The maximum atomic E-state index is 12.9. The Morgan fingerprint density at radius 3 is 2.73 bits per heavy atom. The minimum atomic E-state index is -0.759. The van der Waals surface area contributed by atoms with E-state index in [0.717, 1.165) is 16.4 Å². The van der Waals surface area contributed by atoms with Gasteiger partial charge in [0.15, 0.2) is 5.82 Å². The van der Waals surface area contributed by atoms with Crippen LogP contribution in [0.5, 0.6) is 0 Å². The molecular formula is C15H12ClFN6O3. The van der Waals surface area contributed by atoms with Gasteiger partial charge in [0.1, 0.15) is 17.0 Å². The number of aromatic nitrogens is 4. The van der Waals surface area contributed by atoms with Gasteiger partial charge in [-0.15, -0.1) is 0 Å². The molecule has 3 rings (SSSR count). The van der Waals surface area contributed by atoms with E-state index in [4.69, 9.17) is 11.6 Å². The highest BCUT2D eigenvalue weighted by Crippen LogP contribution is 2.23. The monoisotopic (exact) mass is 378 g/mol. The zero-order chi connectivity index (χ0) is 18.8. The Kier molecular flexibility index (Phi) is 4.67. The molecule has 2 heterocycles. The number of nitrogens with one attached hydrogen (secondary N) is 1. The Labute approximate surface area is 151 Å². The van der Waals surface area contributed by atoms with Gasteiger partial charge in [-0.3, -0.25) is 24.3 Å². The van der Waals surface area contributed by atoms with E-state index in [9.17, 15) is 19.3 Å². The van der Waals surface area contributed by atoms with Crippen LogP contribution in [0.15, 0.2) is 36.7 Å². The van der Waals surface area contributed by atoms with E-state index in [0.29, 0.717) is 6.54 Å². The van der Waals surface area contributed by atoms with Gasteiger partial charge in [-0.25, -0.2) is 4.39 Å². The van der Waals surface area contributed by atoms with Crippen molar-refractivity contribution in [3.05, 3.63) is 68.9 Å². The number of anilines is 1. The molecule has 0 fully saturated rings. The third kappa shape index (κ3) is 3.54. The maximum Gasteiger partial charge on any atom is 0.320 e. The van der Waals surface area contributed by atoms with E-state index in [1.807, 2.05) is 0 Å². The van der Waals surface area contributed by atoms with E-state index >= 15 is 0 Å². The SMILES string of the molecule is Cn1ncc([N+](=O)[O-])c1C(=O)Nc1nn(Cc2ccc(F)cc2)cc1Cl. The topological polar surface area (TPSA) is 108 Å². The normalized spacial score (nSPS) is 10.7. The molecular weight excluding hydrogens is 367 g/mol. The van der Waals surface area contributed by atoms with Crippen molar-refractivity contribution in [3.63, 3.8) is 0 Å². The smallest absolute Gasteiger partial charge is 0.302 e. The molecule has 0 aliphatic rings. The number of hydrogen-bond donors (Lipinski definition) is 1. The fraction of sp³-hybridized carbons (Fsp3) is 0.133. The number of halogens is 2. The zero-order valence-electron chi connectivity index (χ0n) is 13.4. The van der Waals surface area contributed by atoms with E-state index in [1.54, 1.807) is 12.1 Å². The number of nitro groups is 1. The van der Waals surface area contributed by atoms with Crippen molar-refractivity contribution in [2.45, 2.75) is 6.54 Å². The van der Waals surface area contributed by atoms with Crippen LogP contribution < -0.4 is 5.32 Å². The Hall–Kier alpha value is -3.27. The van der Waals surface area contributed by atoms with Gasteiger partial charge in [-0.1, -0.05) is 23.7 Å². The molecule has 0 saturated carbocycles. The summed E-state index contributed by atoms with van der Waals surface area (Å²) < 4.78 is 15.5. The van der Waals surface area contributed by atoms with Gasteiger partial charge in [0.2, 0.25) is 5.69 Å². The highest BCUT2D eigenvalue weighted by atomic mass is 35.5. The van der Waals surface area contributed by atoms with Gasteiger partial charge in [0.05, 0.1) is 11.5 Å². The van der Waals surface area contributed by atoms with Crippen molar-refractivity contribution in [1.29, 1.82) is 0 Å². The molecule has 0 aliphatic carbocycles. The highest BCUT2D eigenvalue weighted by molar-refractivity contribution is 6.33. The lowest BCUT2D eigenvalue weighted by Gasteiger charge is -2.03. The number of benzene rings is 1. The Balaban J connectivity index is 1.79. The van der Waals surface area contributed by atoms with Crippen LogP contribution in [0.1, 0.15) is 16.1 Å². The minimum Gasteiger partial charge on any atom is -0.302 e. The number of carbonyl (C=O) groups is 1. The van der Waals surface area contributed by atoms with Gasteiger partial charge in [-0.2, -0.15) is 10.2 Å². The Morgan fingerprint density at radius 2 is 2.08 bits per heavy atom. The maximum absolute atomic E-state index is 12.9. The summed E-state index contributed by atoms with van der Waals surface area (Å²) in [6.07, 6.45) is 2.47. The lowest BCUT2D eigenvalue weighted by Crippen LogP contribution is -2.18. The van der Waals surface area contributed by atoms with Crippen molar-refractivity contribution in [2.24, 2.45) is 7.05 Å². The molecule has 3 aromatic rings. The second-order valence-corrected chi connectivity index (χ2v) is 5.77. The fourth-order valence-electron chi connectivity index (χ4n) is 2.33. The van der Waals surface area contributed by atoms with Crippen LogP contribution in [0.25, 0.3) is 0 Å². The van der Waals surface area contributed by atoms with Crippen molar-refractivity contribution < 1.29 is 14.1 Å². The van der Waals surface area contributed by atoms with Gasteiger partial charge in [0, 0.05) is 13.2 Å². The van der Waals surface area contributed by atoms with Crippen LogP contribution in [0.3, 0.4) is 0 Å². The number of carbonyl (C=O) groups excluding carboxylic acids is 1. The molecule has 1 aromatic carbocycles. The molecule has 0 bridgehead atoms. The lowest BCUT2D eigenvalue weighted by molar-refractivity contribution is -0.385. The van der Waals surface area contributed by atoms with E-state index in [1.165, 1.54) is 30.1 Å². The first-order valence-corrected chi connectivity index (χ1v) is 7.68. The summed E-state index contributed by atoms with van der Waals surface area (Å²) in [5, 5.41) is 21.4. The quantitative estimate of drug-likeness (QED) is 0.542. The van der Waals surface area contributed by atoms with Gasteiger partial charge in [0.25, 0.3) is 5.91 Å². The number of rotatable bonds is 5. The van der Waals surface area contributed by atoms with Gasteiger partial charge >= 0.3 is 5.69 Å². The molecule has 134 valence electrons. The summed E-state index contributed by atoms with van der Waals surface area (Å²) in [5.41, 5.74) is 0.136. The van der Waals surface area contributed by atoms with Crippen LogP contribution in [0, 0.1) is 15.9 Å². The lowest BCUT2D eigenvalue weighted by atomic mass is 10.2. The third-order valence-corrected chi connectivity index (χ3v) is 3.81. The molecule has 1 N–H and O–H groups in total. The molecule has 0 unspecified atom stereocenters. The Morgan fingerprint density at radius 1 is 1.38 bits per heavy atom. The first-order chi connectivity index (χ1) is 12.3. The summed E-state index contributed by atoms with van der Waals surface area (Å²) in [7, 11) is 1.41. The predicted molar refractivity (Wildman–Crippen MR) is 90.6 cm³/mol. The van der Waals surface area contributed by atoms with Crippen LogP contribution in [-0.2, 0) is 13.6 Å². The van der Waals surface area contributed by atoms with Crippen LogP contribution in [0.2, 0.25) is 5.02 Å². The number of amides is 1. The van der Waals surface area contributed by atoms with E-state index < -0.39 is 16.5 Å². The van der Waals surface area contributed by atoms with Crippen molar-refractivity contribution in [2.75, 3.05) is 5.32 Å². The molecule has 9 nitrogen and oxygen atoms in total. The van der Waals surface area contributed by atoms with Crippen molar-refractivity contribution in [1.82, 2.24) is 19.6 Å². The molecule has 0 spiro atoms. The summed E-state index contributed by atoms with van der Waals surface area (Å²) in [6.45, 7) is 0.307. The van der Waals surface area contributed by atoms with Crippen LogP contribution in [-0.4, -0.2) is 30.4 Å². The van der Waals surface area contributed by atoms with Crippen LogP contribution in [0.4, 0.5) is 15.9 Å². The predicted octanol–water partition coefficient (Wildman–Crippen LogP) is 2.62. The summed E-state index contributed by atoms with van der Waals surface area (Å²) >= 11 is 6.07. The van der Waals surface area contributed by atoms with Crippen LogP contribution >= 0.6 is 11.6 Å². The first-order valence-electron chi connectivity index (χ1n) is 7.30. The average molecular weight is 379 g/mol. The average Bonchev–Trinajstić information content (AvgIpc) is 3.13. The van der Waals surface area contributed by atoms with Gasteiger partial charge < -0.3 is 5.32 Å². The number of hydrogen-bond acceptors (Lipinski definition) is 5. The molecule has 1 amide bonds. The minimum absolute atomic E-state index is 0.0503. The van der Waals surface area contributed by atoms with Crippen molar-refractivity contribution >= 4 is 29.0 Å². The standard InChI is InChI=1S/C15H12ClFN6O3/c1-21-13(12(6-18-21)23(25)26)15(24)19-14-11(16)8-22(20-14)7-9-2-4-10(17)5-3-9/h2-6,8H,7H2,1H3,(H,19,20,24). The fourth-order valence-corrected chi connectivity index (χ4v) is 2.53. The molecule has 11 heteroatoms. The molecule has 0 aliphatic heterocycles. The molecule has 0 saturated heterocycles. The second-order valence-electron chi connectivity index (χ2n) is 5.36. The third-order valence-electron chi connectivity index (χ3n) is 3.54. The largest absolute Gasteiger partial charge is 0.320 e. The second kappa shape index (κ2) is 6.92.